The second kappa shape index (κ2) is 9.37. The SMILES string of the molecule is CC(C)(C)OC(=O)CC(=O)CCCCCCCCl. The van der Waals surface area contributed by atoms with E-state index >= 15 is 0 Å². The first-order valence-corrected chi connectivity index (χ1v) is 7.18. The van der Waals surface area contributed by atoms with Crippen molar-refractivity contribution in [2.24, 2.45) is 0 Å². The first kappa shape index (κ1) is 17.4. The molecular weight excluding hydrogens is 252 g/mol. The van der Waals surface area contributed by atoms with Crippen molar-refractivity contribution in [3.8, 4) is 0 Å². The Hall–Kier alpha value is -0.570. The van der Waals surface area contributed by atoms with E-state index in [1.54, 1.807) is 20.8 Å². The van der Waals surface area contributed by atoms with Crippen molar-refractivity contribution in [3.05, 3.63) is 0 Å². The third-order valence-electron chi connectivity index (χ3n) is 2.35. The van der Waals surface area contributed by atoms with E-state index in [0.29, 0.717) is 12.3 Å². The molecule has 0 saturated heterocycles. The van der Waals surface area contributed by atoms with Gasteiger partial charge in [0.25, 0.3) is 0 Å². The molecule has 0 aromatic rings. The van der Waals surface area contributed by atoms with Gasteiger partial charge in [-0.05, 0) is 33.6 Å². The van der Waals surface area contributed by atoms with Crippen molar-refractivity contribution in [2.45, 2.75) is 71.3 Å². The third-order valence-corrected chi connectivity index (χ3v) is 2.62. The van der Waals surface area contributed by atoms with Gasteiger partial charge in [0, 0.05) is 12.3 Å². The van der Waals surface area contributed by atoms with Crippen molar-refractivity contribution in [3.63, 3.8) is 0 Å². The largest absolute Gasteiger partial charge is 0.460 e. The number of hydrogen-bond donors (Lipinski definition) is 0. The monoisotopic (exact) mass is 276 g/mol. The van der Waals surface area contributed by atoms with Crippen LogP contribution in [0.1, 0.15) is 65.7 Å². The lowest BCUT2D eigenvalue weighted by Gasteiger charge is -2.19. The standard InChI is InChI=1S/C14H25ClO3/c1-14(2,3)18-13(17)11-12(16)9-7-5-4-6-8-10-15/h4-11H2,1-3H3. The molecule has 106 valence electrons. The number of ether oxygens (including phenoxy) is 1. The number of carbonyl (C=O) groups excluding carboxylic acids is 2. The fraction of sp³-hybridized carbons (Fsp3) is 0.857. The van der Waals surface area contributed by atoms with Crippen molar-refractivity contribution in [1.82, 2.24) is 0 Å². The minimum atomic E-state index is -0.515. The molecule has 0 N–H and O–H groups in total. The molecule has 0 aromatic carbocycles. The van der Waals surface area contributed by atoms with E-state index in [9.17, 15) is 9.59 Å². The van der Waals surface area contributed by atoms with Crippen LogP contribution < -0.4 is 0 Å². The van der Waals surface area contributed by atoms with Gasteiger partial charge in [-0.2, -0.15) is 0 Å². The van der Waals surface area contributed by atoms with Crippen molar-refractivity contribution in [2.75, 3.05) is 5.88 Å². The van der Waals surface area contributed by atoms with Crippen LogP contribution in [-0.2, 0) is 14.3 Å². The topological polar surface area (TPSA) is 43.4 Å². The highest BCUT2D eigenvalue weighted by Gasteiger charge is 2.18. The molecule has 0 spiro atoms. The molecule has 0 aliphatic rings. The average molecular weight is 277 g/mol. The maximum absolute atomic E-state index is 11.5. The van der Waals surface area contributed by atoms with Crippen LogP contribution in [0, 0.1) is 0 Å². The normalized spacial score (nSPS) is 11.3. The van der Waals surface area contributed by atoms with Crippen LogP contribution in [0.2, 0.25) is 0 Å². The van der Waals surface area contributed by atoms with Gasteiger partial charge in [0.15, 0.2) is 0 Å². The van der Waals surface area contributed by atoms with E-state index in [4.69, 9.17) is 16.3 Å². The van der Waals surface area contributed by atoms with Gasteiger partial charge in [-0.15, -0.1) is 11.6 Å². The van der Waals surface area contributed by atoms with Crippen LogP contribution in [0.15, 0.2) is 0 Å². The second-order valence-corrected chi connectivity index (χ2v) is 5.89. The molecule has 0 atom stereocenters. The number of esters is 1. The van der Waals surface area contributed by atoms with E-state index in [-0.39, 0.29) is 12.2 Å². The summed E-state index contributed by atoms with van der Waals surface area (Å²) in [4.78, 5) is 22.9. The zero-order valence-corrected chi connectivity index (χ0v) is 12.5. The molecule has 4 heteroatoms. The minimum absolute atomic E-state index is 0.0263. The predicted molar refractivity (Wildman–Crippen MR) is 73.9 cm³/mol. The van der Waals surface area contributed by atoms with Crippen LogP contribution in [-0.4, -0.2) is 23.2 Å². The molecule has 0 aliphatic heterocycles. The van der Waals surface area contributed by atoms with Crippen LogP contribution in [0.4, 0.5) is 0 Å². The molecule has 18 heavy (non-hydrogen) atoms. The fourth-order valence-electron chi connectivity index (χ4n) is 1.57. The molecule has 3 nitrogen and oxygen atoms in total. The first-order valence-electron chi connectivity index (χ1n) is 6.64. The number of hydrogen-bond acceptors (Lipinski definition) is 3. The summed E-state index contributed by atoms with van der Waals surface area (Å²) < 4.78 is 5.09. The number of alkyl halides is 1. The van der Waals surface area contributed by atoms with Crippen LogP contribution in [0.3, 0.4) is 0 Å². The highest BCUT2D eigenvalue weighted by Crippen LogP contribution is 2.11. The molecule has 0 heterocycles. The maximum atomic E-state index is 11.5. The second-order valence-electron chi connectivity index (χ2n) is 5.51. The van der Waals surface area contributed by atoms with Gasteiger partial charge in [-0.3, -0.25) is 9.59 Å². The molecular formula is C14H25ClO3. The van der Waals surface area contributed by atoms with E-state index in [1.807, 2.05) is 0 Å². The van der Waals surface area contributed by atoms with Gasteiger partial charge >= 0.3 is 5.97 Å². The molecule has 0 rings (SSSR count). The molecule has 0 saturated carbocycles. The zero-order valence-electron chi connectivity index (χ0n) is 11.8. The molecule has 0 aromatic heterocycles. The molecule has 0 amide bonds. The van der Waals surface area contributed by atoms with Gasteiger partial charge in [-0.25, -0.2) is 0 Å². The molecule has 0 bridgehead atoms. The Kier molecular flexibility index (Phi) is 9.08. The van der Waals surface area contributed by atoms with Gasteiger partial charge in [0.1, 0.15) is 17.8 Å². The Balaban J connectivity index is 3.56. The Bertz CT molecular complexity index is 256. The minimum Gasteiger partial charge on any atom is -0.460 e. The van der Waals surface area contributed by atoms with Crippen LogP contribution in [0.25, 0.3) is 0 Å². The van der Waals surface area contributed by atoms with Gasteiger partial charge in [-0.1, -0.05) is 19.3 Å². The van der Waals surface area contributed by atoms with Crippen molar-refractivity contribution < 1.29 is 14.3 Å². The Morgan fingerprint density at radius 1 is 1.00 bits per heavy atom. The summed E-state index contributed by atoms with van der Waals surface area (Å²) in [6.07, 6.45) is 5.50. The lowest BCUT2D eigenvalue weighted by Crippen LogP contribution is -2.25. The number of carbonyl (C=O) groups is 2. The number of Topliss-reactive ketones (excluding diaryl/α,β-unsaturated/α-hetero) is 1. The third kappa shape index (κ3) is 11.9. The van der Waals surface area contributed by atoms with E-state index < -0.39 is 11.6 Å². The number of rotatable bonds is 9. The average Bonchev–Trinajstić information content (AvgIpc) is 2.20. The maximum Gasteiger partial charge on any atom is 0.313 e. The molecule has 0 radical (unpaired) electrons. The lowest BCUT2D eigenvalue weighted by molar-refractivity contribution is -0.156. The highest BCUT2D eigenvalue weighted by molar-refractivity contribution is 6.17. The number of halogens is 1. The van der Waals surface area contributed by atoms with Gasteiger partial charge in [0.05, 0.1) is 0 Å². The Morgan fingerprint density at radius 3 is 2.11 bits per heavy atom. The Labute approximate surface area is 115 Å². The molecule has 0 fully saturated rings. The molecule has 0 unspecified atom stereocenters. The summed E-state index contributed by atoms with van der Waals surface area (Å²) >= 11 is 5.57. The summed E-state index contributed by atoms with van der Waals surface area (Å²) in [6.45, 7) is 5.39. The van der Waals surface area contributed by atoms with Crippen molar-refractivity contribution in [1.29, 1.82) is 0 Å². The first-order chi connectivity index (χ1) is 8.35. The van der Waals surface area contributed by atoms with Gasteiger partial charge in [0.2, 0.25) is 0 Å². The summed E-state index contributed by atoms with van der Waals surface area (Å²) in [5, 5.41) is 0. The van der Waals surface area contributed by atoms with E-state index in [1.165, 1.54) is 0 Å². The van der Waals surface area contributed by atoms with Crippen LogP contribution >= 0.6 is 11.6 Å². The fourth-order valence-corrected chi connectivity index (χ4v) is 1.76. The van der Waals surface area contributed by atoms with Gasteiger partial charge < -0.3 is 4.74 Å². The van der Waals surface area contributed by atoms with E-state index in [2.05, 4.69) is 0 Å². The van der Waals surface area contributed by atoms with E-state index in [0.717, 1.165) is 32.1 Å². The van der Waals surface area contributed by atoms with Crippen LogP contribution in [0.5, 0.6) is 0 Å². The predicted octanol–water partition coefficient (Wildman–Crippen LogP) is 3.87. The smallest absolute Gasteiger partial charge is 0.313 e. The Morgan fingerprint density at radius 2 is 1.56 bits per heavy atom. The number of ketones is 1. The quantitative estimate of drug-likeness (QED) is 0.278. The van der Waals surface area contributed by atoms with Crippen molar-refractivity contribution >= 4 is 23.4 Å². The zero-order chi connectivity index (χ0) is 14.0. The number of unbranched alkanes of at least 4 members (excludes halogenated alkanes) is 4. The summed E-state index contributed by atoms with van der Waals surface area (Å²) in [5.74, 6) is 0.258. The highest BCUT2D eigenvalue weighted by atomic mass is 35.5. The lowest BCUT2D eigenvalue weighted by atomic mass is 10.1. The summed E-state index contributed by atoms with van der Waals surface area (Å²) in [7, 11) is 0. The summed E-state index contributed by atoms with van der Waals surface area (Å²) in [5.41, 5.74) is -0.515. The summed E-state index contributed by atoms with van der Waals surface area (Å²) in [6, 6.07) is 0. The molecule has 0 aliphatic carbocycles.